The molecule has 0 atom stereocenters. The standard InChI is InChI=1S/C24H28F4N2O10/c1-9(2)37-21(33)29(22(34)38-10(3)4)19(31)13-15(25)17(27)14(18(28)16(13)26)20(32)30(23(35)39-11(5)6)24(36)40-12(7)8/h9-12H,1-8H3. The number of hydrogen-bond acceptors (Lipinski definition) is 10. The normalized spacial score (nSPS) is 11.0. The highest BCUT2D eigenvalue weighted by Crippen LogP contribution is 2.28. The Morgan fingerprint density at radius 1 is 0.450 bits per heavy atom. The summed E-state index contributed by atoms with van der Waals surface area (Å²) in [5.41, 5.74) is -4.26. The molecule has 16 heteroatoms. The van der Waals surface area contributed by atoms with Crippen molar-refractivity contribution in [1.82, 2.24) is 9.80 Å². The molecule has 6 amide bonds. The molecule has 0 spiro atoms. The molecule has 0 bridgehead atoms. The van der Waals surface area contributed by atoms with Crippen molar-refractivity contribution in [2.24, 2.45) is 0 Å². The van der Waals surface area contributed by atoms with Crippen molar-refractivity contribution in [1.29, 1.82) is 0 Å². The molecule has 0 aromatic heterocycles. The maximum atomic E-state index is 15.1. The van der Waals surface area contributed by atoms with Crippen molar-refractivity contribution in [2.45, 2.75) is 79.8 Å². The fraction of sp³-hybridized carbons (Fsp3) is 0.500. The third-order valence-corrected chi connectivity index (χ3v) is 4.17. The van der Waals surface area contributed by atoms with Crippen LogP contribution < -0.4 is 0 Å². The van der Waals surface area contributed by atoms with Gasteiger partial charge >= 0.3 is 24.4 Å². The van der Waals surface area contributed by atoms with Gasteiger partial charge in [-0.05, 0) is 55.4 Å². The van der Waals surface area contributed by atoms with Gasteiger partial charge in [-0.15, -0.1) is 9.80 Å². The van der Waals surface area contributed by atoms with E-state index in [0.29, 0.717) is 0 Å². The number of imide groups is 6. The number of carbonyl (C=O) groups excluding carboxylic acids is 6. The average Bonchev–Trinajstić information content (AvgIpc) is 2.76. The molecule has 0 fully saturated rings. The molecule has 0 aliphatic rings. The second-order valence-corrected chi connectivity index (χ2v) is 9.02. The van der Waals surface area contributed by atoms with E-state index >= 15 is 17.6 Å². The van der Waals surface area contributed by atoms with E-state index in [-0.39, 0.29) is 0 Å². The second kappa shape index (κ2) is 13.7. The first-order valence-electron chi connectivity index (χ1n) is 11.7. The molecule has 0 saturated heterocycles. The quantitative estimate of drug-likeness (QED) is 0.247. The number of hydrogen-bond donors (Lipinski definition) is 0. The van der Waals surface area contributed by atoms with Gasteiger partial charge in [0.25, 0.3) is 11.8 Å². The Hall–Kier alpha value is -4.24. The number of ether oxygens (including phenoxy) is 4. The highest BCUT2D eigenvalue weighted by molar-refractivity contribution is 6.15. The van der Waals surface area contributed by atoms with Gasteiger partial charge in [-0.25, -0.2) is 36.7 Å². The third kappa shape index (κ3) is 7.89. The fourth-order valence-corrected chi connectivity index (χ4v) is 2.73. The number of benzene rings is 1. The number of halogens is 4. The summed E-state index contributed by atoms with van der Waals surface area (Å²) >= 11 is 0. The smallest absolute Gasteiger partial charge is 0.426 e. The maximum absolute atomic E-state index is 15.1. The monoisotopic (exact) mass is 580 g/mol. The van der Waals surface area contributed by atoms with Gasteiger partial charge in [0.2, 0.25) is 0 Å². The van der Waals surface area contributed by atoms with Gasteiger partial charge in [0, 0.05) is 0 Å². The zero-order chi connectivity index (χ0) is 31.2. The van der Waals surface area contributed by atoms with Crippen molar-refractivity contribution in [2.75, 3.05) is 0 Å². The van der Waals surface area contributed by atoms with Crippen molar-refractivity contribution in [3.63, 3.8) is 0 Å². The molecule has 0 N–H and O–H groups in total. The molecular formula is C24H28F4N2O10. The van der Waals surface area contributed by atoms with Gasteiger partial charge < -0.3 is 18.9 Å². The predicted octanol–water partition coefficient (Wildman–Crippen LogP) is 5.31. The average molecular weight is 580 g/mol. The minimum Gasteiger partial charge on any atom is -0.446 e. The summed E-state index contributed by atoms with van der Waals surface area (Å²) < 4.78 is 79.0. The Balaban J connectivity index is 3.80. The van der Waals surface area contributed by atoms with E-state index in [0.717, 1.165) is 0 Å². The van der Waals surface area contributed by atoms with E-state index in [1.165, 1.54) is 55.4 Å². The lowest BCUT2D eigenvalue weighted by atomic mass is 10.1. The topological polar surface area (TPSA) is 146 Å². The largest absolute Gasteiger partial charge is 0.446 e. The lowest BCUT2D eigenvalue weighted by Gasteiger charge is -2.23. The summed E-state index contributed by atoms with van der Waals surface area (Å²) in [6.07, 6.45) is -11.1. The number of carbonyl (C=O) groups is 6. The molecule has 0 aliphatic heterocycles. The van der Waals surface area contributed by atoms with Gasteiger partial charge in [0.1, 0.15) is 11.1 Å². The van der Waals surface area contributed by atoms with Crippen molar-refractivity contribution in [3.8, 4) is 0 Å². The Bertz CT molecular complexity index is 1040. The second-order valence-electron chi connectivity index (χ2n) is 9.02. The van der Waals surface area contributed by atoms with Crippen molar-refractivity contribution in [3.05, 3.63) is 34.4 Å². The van der Waals surface area contributed by atoms with Gasteiger partial charge in [0.15, 0.2) is 23.3 Å². The number of amides is 6. The molecule has 0 unspecified atom stereocenters. The molecule has 0 saturated carbocycles. The third-order valence-electron chi connectivity index (χ3n) is 4.17. The number of nitrogens with zero attached hydrogens (tertiary/aromatic N) is 2. The molecule has 0 aliphatic carbocycles. The van der Waals surface area contributed by atoms with E-state index in [1.807, 2.05) is 0 Å². The van der Waals surface area contributed by atoms with Crippen LogP contribution in [0.2, 0.25) is 0 Å². The highest BCUT2D eigenvalue weighted by Gasteiger charge is 2.43. The molecule has 0 heterocycles. The fourth-order valence-electron chi connectivity index (χ4n) is 2.73. The molecular weight excluding hydrogens is 552 g/mol. The van der Waals surface area contributed by atoms with Crippen molar-refractivity contribution < 1.29 is 65.3 Å². The Labute approximate surface area is 226 Å². The van der Waals surface area contributed by atoms with Crippen LogP contribution in [0.5, 0.6) is 0 Å². The van der Waals surface area contributed by atoms with Gasteiger partial charge in [-0.2, -0.15) is 0 Å². The van der Waals surface area contributed by atoms with Crippen LogP contribution in [0.15, 0.2) is 0 Å². The maximum Gasteiger partial charge on any atom is 0.426 e. The van der Waals surface area contributed by atoms with Gasteiger partial charge in [0.05, 0.1) is 24.4 Å². The minimum atomic E-state index is -2.55. The summed E-state index contributed by atoms with van der Waals surface area (Å²) in [5.74, 6) is -14.7. The van der Waals surface area contributed by atoms with E-state index < -0.39 is 105 Å². The molecule has 1 aromatic carbocycles. The van der Waals surface area contributed by atoms with E-state index in [1.54, 1.807) is 0 Å². The molecule has 12 nitrogen and oxygen atoms in total. The first-order chi connectivity index (χ1) is 18.3. The lowest BCUT2D eigenvalue weighted by Crippen LogP contribution is -2.46. The van der Waals surface area contributed by atoms with Crippen LogP contribution in [0, 0.1) is 23.3 Å². The van der Waals surface area contributed by atoms with Crippen LogP contribution in [-0.4, -0.2) is 70.4 Å². The summed E-state index contributed by atoms with van der Waals surface area (Å²) in [4.78, 5) is 74.1. The van der Waals surface area contributed by atoms with Crippen molar-refractivity contribution >= 4 is 36.2 Å². The van der Waals surface area contributed by atoms with Crippen LogP contribution in [0.3, 0.4) is 0 Å². The summed E-state index contributed by atoms with van der Waals surface area (Å²) in [6, 6.07) is 0. The zero-order valence-corrected chi connectivity index (χ0v) is 22.8. The summed E-state index contributed by atoms with van der Waals surface area (Å²) in [5, 5.41) is 0. The lowest BCUT2D eigenvalue weighted by molar-refractivity contribution is 0.0393. The first kappa shape index (κ1) is 33.8. The SMILES string of the molecule is CC(C)OC(=O)N(C(=O)OC(C)C)C(=O)c1c(F)c(F)c(C(=O)N(C(=O)OC(C)C)C(=O)OC(C)C)c(F)c1F. The highest BCUT2D eigenvalue weighted by atomic mass is 19.2. The van der Waals surface area contributed by atoms with E-state index in [4.69, 9.17) is 0 Å². The van der Waals surface area contributed by atoms with Crippen LogP contribution in [0.1, 0.15) is 76.1 Å². The molecule has 1 rings (SSSR count). The van der Waals surface area contributed by atoms with E-state index in [2.05, 4.69) is 18.9 Å². The molecule has 0 radical (unpaired) electrons. The molecule has 1 aromatic rings. The zero-order valence-electron chi connectivity index (χ0n) is 22.8. The van der Waals surface area contributed by atoms with Crippen LogP contribution >= 0.6 is 0 Å². The van der Waals surface area contributed by atoms with E-state index in [9.17, 15) is 28.8 Å². The Morgan fingerprint density at radius 2 is 0.625 bits per heavy atom. The summed E-state index contributed by atoms with van der Waals surface area (Å²) in [7, 11) is 0. The van der Waals surface area contributed by atoms with Gasteiger partial charge in [-0.3, -0.25) is 9.59 Å². The van der Waals surface area contributed by atoms with Crippen LogP contribution in [-0.2, 0) is 18.9 Å². The predicted molar refractivity (Wildman–Crippen MR) is 125 cm³/mol. The molecule has 222 valence electrons. The minimum absolute atomic E-state index is 0.547. The van der Waals surface area contributed by atoms with Crippen LogP contribution in [0.4, 0.5) is 36.7 Å². The van der Waals surface area contributed by atoms with Gasteiger partial charge in [-0.1, -0.05) is 0 Å². The number of rotatable bonds is 6. The molecule has 40 heavy (non-hydrogen) atoms. The Morgan fingerprint density at radius 3 is 0.775 bits per heavy atom. The summed E-state index contributed by atoms with van der Waals surface area (Å²) in [6.45, 7) is 10.3. The Kier molecular flexibility index (Phi) is 11.6. The van der Waals surface area contributed by atoms with Crippen LogP contribution in [0.25, 0.3) is 0 Å². The first-order valence-corrected chi connectivity index (χ1v) is 11.7.